The molecule has 0 spiro atoms. The van der Waals surface area contributed by atoms with Crippen molar-refractivity contribution in [2.75, 3.05) is 19.9 Å². The zero-order chi connectivity index (χ0) is 14.5. The maximum absolute atomic E-state index is 11.1. The topological polar surface area (TPSA) is 85.0 Å². The molecule has 0 atom stereocenters. The molecule has 1 aliphatic rings. The maximum atomic E-state index is 11.1. The first-order valence-electron chi connectivity index (χ1n) is 6.72. The van der Waals surface area contributed by atoms with Crippen LogP contribution in [0.5, 0.6) is 17.2 Å². The van der Waals surface area contributed by atoms with E-state index in [1.54, 1.807) is 12.1 Å². The van der Waals surface area contributed by atoms with Gasteiger partial charge in [-0.05, 0) is 19.0 Å². The van der Waals surface area contributed by atoms with Crippen LogP contribution in [0.1, 0.15) is 25.3 Å². The van der Waals surface area contributed by atoms with Gasteiger partial charge in [-0.2, -0.15) is 0 Å². The van der Waals surface area contributed by atoms with Crippen LogP contribution in [0.2, 0.25) is 0 Å². The van der Waals surface area contributed by atoms with Crippen molar-refractivity contribution in [1.29, 1.82) is 0 Å². The van der Waals surface area contributed by atoms with E-state index in [-0.39, 0.29) is 25.0 Å². The Balaban J connectivity index is 2.11. The van der Waals surface area contributed by atoms with Crippen LogP contribution >= 0.6 is 0 Å². The number of fused-ring (bicyclic) bond motifs is 1. The first-order valence-corrected chi connectivity index (χ1v) is 6.72. The molecule has 0 unspecified atom stereocenters. The molecule has 1 heterocycles. The quantitative estimate of drug-likeness (QED) is 0.784. The van der Waals surface area contributed by atoms with E-state index in [2.05, 4.69) is 6.92 Å². The first-order chi connectivity index (χ1) is 9.60. The predicted molar refractivity (Wildman–Crippen MR) is 73.6 cm³/mol. The summed E-state index contributed by atoms with van der Waals surface area (Å²) in [5.74, 6) is 0.926. The predicted octanol–water partition coefficient (Wildman–Crippen LogP) is 1.21. The number of phenolic OH excluding ortho intramolecular Hbond substituents is 1. The van der Waals surface area contributed by atoms with Crippen LogP contribution in [0.4, 0.5) is 0 Å². The number of phenols is 1. The minimum absolute atomic E-state index is 0.139. The van der Waals surface area contributed by atoms with Crippen LogP contribution in [-0.2, 0) is 11.3 Å². The van der Waals surface area contributed by atoms with Gasteiger partial charge < -0.3 is 20.3 Å². The SMILES string of the molecule is CCCCN(CC(N)=O)Cc1cc2c(cc1O)OCO2. The zero-order valence-electron chi connectivity index (χ0n) is 11.6. The lowest BCUT2D eigenvalue weighted by atomic mass is 10.1. The molecule has 0 radical (unpaired) electrons. The number of ether oxygens (including phenoxy) is 2. The Labute approximate surface area is 118 Å². The van der Waals surface area contributed by atoms with E-state index < -0.39 is 0 Å². The minimum atomic E-state index is -0.374. The van der Waals surface area contributed by atoms with Crippen molar-refractivity contribution in [1.82, 2.24) is 4.90 Å². The Morgan fingerprint density at radius 1 is 1.40 bits per heavy atom. The fraction of sp³-hybridized carbons (Fsp3) is 0.500. The van der Waals surface area contributed by atoms with Crippen molar-refractivity contribution >= 4 is 5.91 Å². The number of carbonyl (C=O) groups is 1. The number of carbonyl (C=O) groups excluding carboxylic acids is 1. The van der Waals surface area contributed by atoms with Crippen molar-refractivity contribution in [3.8, 4) is 17.2 Å². The molecule has 1 aromatic carbocycles. The van der Waals surface area contributed by atoms with E-state index in [9.17, 15) is 9.90 Å². The van der Waals surface area contributed by atoms with Crippen LogP contribution in [-0.4, -0.2) is 35.8 Å². The summed E-state index contributed by atoms with van der Waals surface area (Å²) in [7, 11) is 0. The highest BCUT2D eigenvalue weighted by molar-refractivity contribution is 5.75. The third-order valence-electron chi connectivity index (χ3n) is 3.18. The van der Waals surface area contributed by atoms with E-state index in [1.807, 2.05) is 4.90 Å². The number of aromatic hydroxyl groups is 1. The van der Waals surface area contributed by atoms with Crippen LogP contribution in [0.25, 0.3) is 0 Å². The molecule has 0 saturated carbocycles. The molecule has 0 saturated heterocycles. The number of primary amides is 1. The molecule has 1 aromatic rings. The van der Waals surface area contributed by atoms with Crippen molar-refractivity contribution in [3.63, 3.8) is 0 Å². The maximum Gasteiger partial charge on any atom is 0.231 e. The second-order valence-corrected chi connectivity index (χ2v) is 4.86. The Morgan fingerprint density at radius 3 is 2.75 bits per heavy atom. The second kappa shape index (κ2) is 6.47. The average molecular weight is 280 g/mol. The third kappa shape index (κ3) is 3.54. The van der Waals surface area contributed by atoms with E-state index in [0.29, 0.717) is 23.6 Å². The number of nitrogens with zero attached hydrogens (tertiary/aromatic N) is 1. The summed E-state index contributed by atoms with van der Waals surface area (Å²) in [6, 6.07) is 3.29. The first kappa shape index (κ1) is 14.5. The molecule has 0 fully saturated rings. The summed E-state index contributed by atoms with van der Waals surface area (Å²) < 4.78 is 10.5. The third-order valence-corrected chi connectivity index (χ3v) is 3.18. The van der Waals surface area contributed by atoms with Gasteiger partial charge in [0.15, 0.2) is 11.5 Å². The van der Waals surface area contributed by atoms with E-state index in [1.165, 1.54) is 0 Å². The molecule has 0 bridgehead atoms. The molecule has 1 amide bonds. The fourth-order valence-corrected chi connectivity index (χ4v) is 2.16. The number of unbranched alkanes of at least 4 members (excludes halogenated alkanes) is 1. The van der Waals surface area contributed by atoms with Gasteiger partial charge in [-0.3, -0.25) is 9.69 Å². The molecule has 1 aliphatic heterocycles. The van der Waals surface area contributed by atoms with Gasteiger partial charge in [-0.15, -0.1) is 0 Å². The number of benzene rings is 1. The van der Waals surface area contributed by atoms with Crippen LogP contribution in [0.15, 0.2) is 12.1 Å². The minimum Gasteiger partial charge on any atom is -0.507 e. The lowest BCUT2D eigenvalue weighted by Crippen LogP contribution is -2.34. The van der Waals surface area contributed by atoms with E-state index >= 15 is 0 Å². The molecule has 2 rings (SSSR count). The number of nitrogens with two attached hydrogens (primary N) is 1. The highest BCUT2D eigenvalue weighted by Gasteiger charge is 2.19. The summed E-state index contributed by atoms with van der Waals surface area (Å²) >= 11 is 0. The average Bonchev–Trinajstić information content (AvgIpc) is 2.82. The smallest absolute Gasteiger partial charge is 0.231 e. The van der Waals surface area contributed by atoms with Gasteiger partial charge in [-0.1, -0.05) is 13.3 Å². The number of amides is 1. The van der Waals surface area contributed by atoms with Gasteiger partial charge in [0, 0.05) is 18.2 Å². The Morgan fingerprint density at radius 2 is 2.10 bits per heavy atom. The molecule has 0 aromatic heterocycles. The highest BCUT2D eigenvalue weighted by atomic mass is 16.7. The van der Waals surface area contributed by atoms with Gasteiger partial charge in [0.25, 0.3) is 0 Å². The summed E-state index contributed by atoms with van der Waals surface area (Å²) in [4.78, 5) is 13.0. The lowest BCUT2D eigenvalue weighted by Gasteiger charge is -2.21. The van der Waals surface area contributed by atoms with E-state index in [4.69, 9.17) is 15.2 Å². The Hall–Kier alpha value is -1.95. The van der Waals surface area contributed by atoms with E-state index in [0.717, 1.165) is 19.4 Å². The van der Waals surface area contributed by atoms with Gasteiger partial charge >= 0.3 is 0 Å². The molecule has 3 N–H and O–H groups in total. The Kier molecular flexibility index (Phi) is 4.68. The largest absolute Gasteiger partial charge is 0.507 e. The molecular weight excluding hydrogens is 260 g/mol. The number of rotatable bonds is 7. The van der Waals surface area contributed by atoms with Crippen molar-refractivity contribution < 1.29 is 19.4 Å². The van der Waals surface area contributed by atoms with Gasteiger partial charge in [0.2, 0.25) is 12.7 Å². The Bertz CT molecular complexity index is 490. The number of hydrogen-bond acceptors (Lipinski definition) is 5. The normalized spacial score (nSPS) is 12.9. The number of hydrogen-bond donors (Lipinski definition) is 2. The van der Waals surface area contributed by atoms with Gasteiger partial charge in [0.1, 0.15) is 5.75 Å². The molecular formula is C14H20N2O4. The van der Waals surface area contributed by atoms with Crippen LogP contribution in [0, 0.1) is 0 Å². The molecule has 6 nitrogen and oxygen atoms in total. The monoisotopic (exact) mass is 280 g/mol. The summed E-state index contributed by atoms with van der Waals surface area (Å²) in [6.45, 7) is 3.63. The van der Waals surface area contributed by atoms with Gasteiger partial charge in [-0.25, -0.2) is 0 Å². The van der Waals surface area contributed by atoms with Gasteiger partial charge in [0.05, 0.1) is 6.54 Å². The molecule has 6 heteroatoms. The van der Waals surface area contributed by atoms with Crippen molar-refractivity contribution in [3.05, 3.63) is 17.7 Å². The van der Waals surface area contributed by atoms with Crippen molar-refractivity contribution in [2.45, 2.75) is 26.3 Å². The molecule has 20 heavy (non-hydrogen) atoms. The summed E-state index contributed by atoms with van der Waals surface area (Å²) in [5.41, 5.74) is 5.96. The lowest BCUT2D eigenvalue weighted by molar-refractivity contribution is -0.119. The second-order valence-electron chi connectivity index (χ2n) is 4.86. The summed E-state index contributed by atoms with van der Waals surface area (Å²) in [6.07, 6.45) is 2.00. The fourth-order valence-electron chi connectivity index (χ4n) is 2.16. The molecule has 110 valence electrons. The standard InChI is InChI=1S/C14H20N2O4/c1-2-3-4-16(8-14(15)18)7-10-5-12-13(6-11(10)17)20-9-19-12/h5-6,17H,2-4,7-9H2,1H3,(H2,15,18). The van der Waals surface area contributed by atoms with Crippen LogP contribution in [0.3, 0.4) is 0 Å². The van der Waals surface area contributed by atoms with Crippen molar-refractivity contribution in [2.24, 2.45) is 5.73 Å². The van der Waals surface area contributed by atoms with Crippen LogP contribution < -0.4 is 15.2 Å². The molecule has 0 aliphatic carbocycles. The highest BCUT2D eigenvalue weighted by Crippen LogP contribution is 2.37. The summed E-state index contributed by atoms with van der Waals surface area (Å²) in [5, 5.41) is 10.0. The zero-order valence-corrected chi connectivity index (χ0v) is 11.6.